The number of rotatable bonds is 2. The van der Waals surface area contributed by atoms with Crippen molar-refractivity contribution in [2.24, 2.45) is 5.73 Å². The molecule has 0 saturated heterocycles. The highest BCUT2D eigenvalue weighted by molar-refractivity contribution is 5.92. The Hall–Kier alpha value is -2.37. The van der Waals surface area contributed by atoms with Gasteiger partial charge in [0.2, 0.25) is 0 Å². The number of fused-ring (bicyclic) bond motifs is 2. The Bertz CT molecular complexity index is 747. The first-order valence-electron chi connectivity index (χ1n) is 7.77. The van der Waals surface area contributed by atoms with Crippen molar-refractivity contribution in [2.45, 2.75) is 31.8 Å². The number of ether oxygens (including phenoxy) is 1. The largest absolute Gasteiger partial charge is 0.351 e. The summed E-state index contributed by atoms with van der Waals surface area (Å²) in [6.07, 6.45) is 1.46. The van der Waals surface area contributed by atoms with Gasteiger partial charge in [0.1, 0.15) is 0 Å². The molecule has 2 aliphatic rings. The van der Waals surface area contributed by atoms with Crippen molar-refractivity contribution >= 4 is 11.7 Å². The second-order valence-corrected chi connectivity index (χ2v) is 5.88. The molecular weight excluding hydrogens is 290 g/mol. The van der Waals surface area contributed by atoms with Crippen molar-refractivity contribution in [1.82, 2.24) is 5.32 Å². The number of benzene rings is 2. The molecule has 4 rings (SSSR count). The average Bonchev–Trinajstić information content (AvgIpc) is 2.97. The van der Waals surface area contributed by atoms with E-state index in [0.717, 1.165) is 24.1 Å². The number of nitrogens with two attached hydrogens (primary N) is 1. The summed E-state index contributed by atoms with van der Waals surface area (Å²) in [6.45, 7) is 0.433. The van der Waals surface area contributed by atoms with Gasteiger partial charge in [-0.1, -0.05) is 30.3 Å². The van der Waals surface area contributed by atoms with Gasteiger partial charge in [-0.3, -0.25) is 10.2 Å². The van der Waals surface area contributed by atoms with Crippen LogP contribution in [0.5, 0.6) is 0 Å². The van der Waals surface area contributed by atoms with E-state index < -0.39 is 12.4 Å². The van der Waals surface area contributed by atoms with Gasteiger partial charge in [-0.2, -0.15) is 0 Å². The first kappa shape index (κ1) is 14.2. The third-order valence-corrected chi connectivity index (χ3v) is 4.53. The molecule has 2 amide bonds. The van der Waals surface area contributed by atoms with E-state index in [0.29, 0.717) is 6.61 Å². The molecule has 0 saturated carbocycles. The van der Waals surface area contributed by atoms with Crippen molar-refractivity contribution < 1.29 is 9.53 Å². The monoisotopic (exact) mass is 308 g/mol. The molecular formula is C18H18N3O2. The molecule has 2 aromatic rings. The first-order chi connectivity index (χ1) is 11.2. The number of nitrogens with zero attached hydrogens (tertiary/aromatic N) is 1. The van der Waals surface area contributed by atoms with Crippen LogP contribution in [0.4, 0.5) is 10.5 Å². The van der Waals surface area contributed by atoms with Crippen molar-refractivity contribution in [1.29, 1.82) is 0 Å². The summed E-state index contributed by atoms with van der Waals surface area (Å²) in [7, 11) is 0. The Morgan fingerprint density at radius 2 is 2.17 bits per heavy atom. The van der Waals surface area contributed by atoms with Crippen LogP contribution < -0.4 is 16.0 Å². The van der Waals surface area contributed by atoms with Gasteiger partial charge < -0.3 is 10.5 Å². The number of nitrogens with one attached hydrogen (secondary N) is 1. The zero-order valence-corrected chi connectivity index (χ0v) is 12.7. The number of urea groups is 1. The topological polar surface area (TPSA) is 67.6 Å². The van der Waals surface area contributed by atoms with E-state index in [1.54, 1.807) is 6.07 Å². The first-order valence-corrected chi connectivity index (χ1v) is 7.77. The van der Waals surface area contributed by atoms with Gasteiger partial charge in [0.15, 0.2) is 6.35 Å². The molecule has 0 spiro atoms. The Morgan fingerprint density at radius 1 is 1.30 bits per heavy atom. The molecule has 0 bridgehead atoms. The van der Waals surface area contributed by atoms with E-state index in [-0.39, 0.29) is 6.04 Å². The molecule has 2 aromatic carbocycles. The van der Waals surface area contributed by atoms with Crippen LogP contribution in [0.15, 0.2) is 42.5 Å². The molecule has 1 unspecified atom stereocenters. The highest BCUT2D eigenvalue weighted by Crippen LogP contribution is 2.34. The molecule has 1 heterocycles. The normalized spacial score (nSPS) is 22.5. The van der Waals surface area contributed by atoms with E-state index in [9.17, 15) is 4.79 Å². The fourth-order valence-corrected chi connectivity index (χ4v) is 3.44. The maximum atomic E-state index is 12.0. The lowest BCUT2D eigenvalue weighted by molar-refractivity contribution is 0.00412. The Kier molecular flexibility index (Phi) is 3.52. The summed E-state index contributed by atoms with van der Waals surface area (Å²) >= 11 is 0. The number of carbonyl (C=O) groups is 1. The minimum absolute atomic E-state index is 0.162. The number of amides is 2. The predicted molar refractivity (Wildman–Crippen MR) is 86.6 cm³/mol. The number of aryl methyl sites for hydroxylation is 1. The number of hydrogen-bond acceptors (Lipinski definition) is 3. The summed E-state index contributed by atoms with van der Waals surface area (Å²) < 4.78 is 5.85. The molecule has 5 nitrogen and oxygen atoms in total. The quantitative estimate of drug-likeness (QED) is 0.895. The molecule has 1 radical (unpaired) electrons. The van der Waals surface area contributed by atoms with E-state index in [4.69, 9.17) is 10.5 Å². The number of carbonyl (C=O) groups excluding carboxylic acids is 1. The van der Waals surface area contributed by atoms with Gasteiger partial charge >= 0.3 is 6.03 Å². The SMILES string of the molecule is NC(=O)N1c2cc[c]cc2COC1N[C@@H]1CCc2ccccc21. The van der Waals surface area contributed by atoms with Crippen LogP contribution in [0.1, 0.15) is 29.2 Å². The molecule has 0 fully saturated rings. The van der Waals surface area contributed by atoms with Crippen LogP contribution in [0.25, 0.3) is 0 Å². The summed E-state index contributed by atoms with van der Waals surface area (Å²) in [5.41, 5.74) is 9.91. The van der Waals surface area contributed by atoms with Gasteiger partial charge in [-0.25, -0.2) is 4.79 Å². The smallest absolute Gasteiger partial charge is 0.322 e. The highest BCUT2D eigenvalue weighted by atomic mass is 16.5. The lowest BCUT2D eigenvalue weighted by Gasteiger charge is -2.37. The zero-order chi connectivity index (χ0) is 15.8. The predicted octanol–water partition coefficient (Wildman–Crippen LogP) is 2.46. The summed E-state index contributed by atoms with van der Waals surface area (Å²) in [6, 6.07) is 16.5. The van der Waals surface area contributed by atoms with Crippen molar-refractivity contribution in [3.05, 3.63) is 65.2 Å². The summed E-state index contributed by atoms with van der Waals surface area (Å²) in [5.74, 6) is 0. The number of anilines is 1. The van der Waals surface area contributed by atoms with Crippen LogP contribution in [-0.4, -0.2) is 12.4 Å². The van der Waals surface area contributed by atoms with Gasteiger partial charge in [-0.05, 0) is 42.2 Å². The van der Waals surface area contributed by atoms with E-state index in [1.165, 1.54) is 16.0 Å². The molecule has 1 aliphatic heterocycles. The second-order valence-electron chi connectivity index (χ2n) is 5.88. The summed E-state index contributed by atoms with van der Waals surface area (Å²) in [5, 5.41) is 3.44. The highest BCUT2D eigenvalue weighted by Gasteiger charge is 2.33. The maximum absolute atomic E-state index is 12.0. The van der Waals surface area contributed by atoms with Crippen molar-refractivity contribution in [3.63, 3.8) is 0 Å². The van der Waals surface area contributed by atoms with E-state index in [2.05, 4.69) is 29.6 Å². The van der Waals surface area contributed by atoms with Crippen LogP contribution >= 0.6 is 0 Å². The average molecular weight is 308 g/mol. The van der Waals surface area contributed by atoms with Crippen molar-refractivity contribution in [3.8, 4) is 0 Å². The minimum Gasteiger partial charge on any atom is -0.351 e. The van der Waals surface area contributed by atoms with Crippen LogP contribution in [0, 0.1) is 6.07 Å². The van der Waals surface area contributed by atoms with Gasteiger partial charge in [0.05, 0.1) is 12.3 Å². The van der Waals surface area contributed by atoms with Crippen LogP contribution in [-0.2, 0) is 17.8 Å². The van der Waals surface area contributed by atoms with Gasteiger partial charge in [-0.15, -0.1) is 0 Å². The van der Waals surface area contributed by atoms with E-state index >= 15 is 0 Å². The molecule has 1 aliphatic carbocycles. The lowest BCUT2D eigenvalue weighted by atomic mass is 10.1. The Labute approximate surface area is 135 Å². The van der Waals surface area contributed by atoms with Gasteiger partial charge in [0.25, 0.3) is 0 Å². The number of hydrogen-bond donors (Lipinski definition) is 2. The maximum Gasteiger partial charge on any atom is 0.322 e. The van der Waals surface area contributed by atoms with Gasteiger partial charge in [0, 0.05) is 11.6 Å². The van der Waals surface area contributed by atoms with Crippen LogP contribution in [0.3, 0.4) is 0 Å². The third-order valence-electron chi connectivity index (χ3n) is 4.53. The van der Waals surface area contributed by atoms with Crippen molar-refractivity contribution in [2.75, 3.05) is 4.90 Å². The molecule has 0 aromatic heterocycles. The molecule has 117 valence electrons. The standard InChI is InChI=1S/C18H18N3O2/c19-17(22)21-16-8-4-2-6-13(16)11-23-18(21)20-15-10-9-12-5-1-3-7-14(12)15/h1,3-8,15,18,20H,9-11H2,(H2,19,22)/t15-,18?/m1/s1. The molecule has 2 atom stereocenters. The minimum atomic E-state index is -0.557. The molecule has 3 N–H and O–H groups in total. The summed E-state index contributed by atoms with van der Waals surface area (Å²) in [4.78, 5) is 13.4. The Balaban J connectivity index is 1.61. The fourth-order valence-electron chi connectivity index (χ4n) is 3.44. The number of primary amides is 1. The third kappa shape index (κ3) is 2.48. The second kappa shape index (κ2) is 5.68. The van der Waals surface area contributed by atoms with Crippen LogP contribution in [0.2, 0.25) is 0 Å². The Morgan fingerprint density at radius 3 is 3.04 bits per heavy atom. The molecule has 23 heavy (non-hydrogen) atoms. The lowest BCUT2D eigenvalue weighted by Crippen LogP contribution is -2.55. The molecule has 5 heteroatoms. The zero-order valence-electron chi connectivity index (χ0n) is 12.7. The fraction of sp³-hybridized carbons (Fsp3) is 0.278. The van der Waals surface area contributed by atoms with E-state index in [1.807, 2.05) is 18.2 Å².